The predicted octanol–water partition coefficient (Wildman–Crippen LogP) is 1.98. The molecule has 0 saturated carbocycles. The third-order valence-electron chi connectivity index (χ3n) is 3.76. The number of aromatic hydroxyl groups is 2. The van der Waals surface area contributed by atoms with Crippen LogP contribution in [-0.4, -0.2) is 39.7 Å². The molecule has 0 aromatic heterocycles. The summed E-state index contributed by atoms with van der Waals surface area (Å²) < 4.78 is 11.7. The van der Waals surface area contributed by atoms with Gasteiger partial charge in [0.25, 0.3) is 0 Å². The van der Waals surface area contributed by atoms with Gasteiger partial charge in [0.1, 0.15) is 0 Å². The van der Waals surface area contributed by atoms with Crippen LogP contribution in [0.2, 0.25) is 0 Å². The smallest absolute Gasteiger partial charge is 0.163 e. The van der Waals surface area contributed by atoms with Crippen LogP contribution in [0.1, 0.15) is 17.2 Å². The Bertz CT molecular complexity index is 755. The molecule has 0 unspecified atom stereocenters. The van der Waals surface area contributed by atoms with E-state index >= 15 is 0 Å². The Morgan fingerprint density at radius 3 is 2.46 bits per heavy atom. The minimum absolute atomic E-state index is 0.0554. The van der Waals surface area contributed by atoms with E-state index in [1.165, 1.54) is 12.1 Å². The Kier molecular flexibility index (Phi) is 4.59. The Labute approximate surface area is 138 Å². The third-order valence-corrected chi connectivity index (χ3v) is 3.76. The number of aliphatic hydroxyl groups excluding tert-OH is 2. The molecule has 3 rings (SSSR count). The molecule has 2 atom stereocenters. The maximum Gasteiger partial charge on any atom is 0.163 e. The first kappa shape index (κ1) is 16.2. The Morgan fingerprint density at radius 1 is 0.917 bits per heavy atom. The van der Waals surface area contributed by atoms with E-state index in [0.29, 0.717) is 17.1 Å². The van der Waals surface area contributed by atoms with E-state index in [-0.39, 0.29) is 24.7 Å². The summed E-state index contributed by atoms with van der Waals surface area (Å²) >= 11 is 0. The minimum Gasteiger partial charge on any atom is -0.504 e. The van der Waals surface area contributed by atoms with Crippen molar-refractivity contribution in [2.75, 3.05) is 13.2 Å². The summed E-state index contributed by atoms with van der Waals surface area (Å²) in [6.45, 7) is -0.331. The summed E-state index contributed by atoms with van der Waals surface area (Å²) in [5.74, 6) is 0.520. The number of phenolic OH excluding ortho intramolecular Hbond substituents is 2. The lowest BCUT2D eigenvalue weighted by atomic mass is 10.0. The summed E-state index contributed by atoms with van der Waals surface area (Å²) in [6.07, 6.45) is 2.09. The predicted molar refractivity (Wildman–Crippen MR) is 87.2 cm³/mol. The zero-order valence-corrected chi connectivity index (χ0v) is 12.8. The number of hydrogen-bond acceptors (Lipinski definition) is 6. The van der Waals surface area contributed by atoms with Gasteiger partial charge in [-0.15, -0.1) is 0 Å². The van der Waals surface area contributed by atoms with Crippen molar-refractivity contribution in [2.24, 2.45) is 0 Å². The van der Waals surface area contributed by atoms with Crippen molar-refractivity contribution in [1.29, 1.82) is 0 Å². The van der Waals surface area contributed by atoms with Gasteiger partial charge >= 0.3 is 0 Å². The number of ether oxygens (including phenoxy) is 2. The highest BCUT2D eigenvalue weighted by Gasteiger charge is 2.33. The molecule has 0 saturated heterocycles. The molecule has 0 spiro atoms. The topological polar surface area (TPSA) is 99.4 Å². The second kappa shape index (κ2) is 6.82. The molecule has 4 N–H and O–H groups in total. The fourth-order valence-electron chi connectivity index (χ4n) is 2.58. The van der Waals surface area contributed by atoms with Crippen molar-refractivity contribution >= 4 is 6.08 Å². The van der Waals surface area contributed by atoms with E-state index in [1.807, 2.05) is 6.07 Å². The van der Waals surface area contributed by atoms with Crippen molar-refractivity contribution in [3.05, 3.63) is 53.6 Å². The lowest BCUT2D eigenvalue weighted by molar-refractivity contribution is -0.0124. The fraction of sp³-hybridized carbons (Fsp3) is 0.222. The van der Waals surface area contributed by atoms with Gasteiger partial charge in [-0.05, 0) is 29.8 Å². The molecule has 126 valence electrons. The standard InChI is InChI=1S/C18H18O6/c19-7-1-2-11-3-6-15-16(8-11)23-17(10-20)18(24-15)12-4-5-13(21)14(22)9-12/h1-6,8-9,17-22H,7,10H2/t17-,18-/m0/s1. The minimum atomic E-state index is -0.654. The number of benzene rings is 2. The van der Waals surface area contributed by atoms with Gasteiger partial charge in [-0.1, -0.05) is 24.3 Å². The second-order valence-corrected chi connectivity index (χ2v) is 5.42. The molecule has 2 aromatic carbocycles. The van der Waals surface area contributed by atoms with Crippen LogP contribution in [0.3, 0.4) is 0 Å². The van der Waals surface area contributed by atoms with E-state index in [9.17, 15) is 15.3 Å². The van der Waals surface area contributed by atoms with Crippen molar-refractivity contribution in [3.63, 3.8) is 0 Å². The van der Waals surface area contributed by atoms with Gasteiger partial charge in [-0.3, -0.25) is 0 Å². The molecule has 1 heterocycles. The lowest BCUT2D eigenvalue weighted by Crippen LogP contribution is -2.36. The highest BCUT2D eigenvalue weighted by Crippen LogP contribution is 2.41. The molecule has 0 fully saturated rings. The number of rotatable bonds is 4. The van der Waals surface area contributed by atoms with Crippen LogP contribution in [0.5, 0.6) is 23.0 Å². The zero-order chi connectivity index (χ0) is 17.1. The maximum absolute atomic E-state index is 9.67. The molecule has 6 nitrogen and oxygen atoms in total. The van der Waals surface area contributed by atoms with Crippen molar-refractivity contribution in [1.82, 2.24) is 0 Å². The van der Waals surface area contributed by atoms with Crippen molar-refractivity contribution < 1.29 is 29.9 Å². The van der Waals surface area contributed by atoms with Crippen molar-refractivity contribution in [3.8, 4) is 23.0 Å². The normalized spacial score (nSPS) is 19.6. The van der Waals surface area contributed by atoms with Gasteiger partial charge in [0.05, 0.1) is 13.2 Å². The molecule has 24 heavy (non-hydrogen) atoms. The molecular formula is C18H18O6. The largest absolute Gasteiger partial charge is 0.504 e. The van der Waals surface area contributed by atoms with E-state index in [1.54, 1.807) is 30.4 Å². The Hall–Kier alpha value is -2.70. The molecule has 0 radical (unpaired) electrons. The maximum atomic E-state index is 9.67. The summed E-state index contributed by atoms with van der Waals surface area (Å²) in [5, 5.41) is 37.5. The molecular weight excluding hydrogens is 312 g/mol. The first-order valence-corrected chi connectivity index (χ1v) is 7.50. The van der Waals surface area contributed by atoms with E-state index in [4.69, 9.17) is 14.6 Å². The Morgan fingerprint density at radius 2 is 1.75 bits per heavy atom. The van der Waals surface area contributed by atoms with E-state index < -0.39 is 12.2 Å². The summed E-state index contributed by atoms with van der Waals surface area (Å²) in [6, 6.07) is 9.67. The molecule has 6 heteroatoms. The van der Waals surface area contributed by atoms with Crippen LogP contribution in [0.25, 0.3) is 6.08 Å². The first-order valence-electron chi connectivity index (χ1n) is 7.50. The lowest BCUT2D eigenvalue weighted by Gasteiger charge is -2.33. The Balaban J connectivity index is 1.92. The monoisotopic (exact) mass is 330 g/mol. The van der Waals surface area contributed by atoms with Gasteiger partial charge in [0, 0.05) is 5.56 Å². The quantitative estimate of drug-likeness (QED) is 0.640. The highest BCUT2D eigenvalue weighted by molar-refractivity contribution is 5.56. The zero-order valence-electron chi connectivity index (χ0n) is 12.8. The number of aliphatic hydroxyl groups is 2. The van der Waals surface area contributed by atoms with Gasteiger partial charge in [-0.25, -0.2) is 0 Å². The summed E-state index contributed by atoms with van der Waals surface area (Å²) in [5.41, 5.74) is 1.42. The van der Waals surface area contributed by atoms with Crippen molar-refractivity contribution in [2.45, 2.75) is 12.2 Å². The van der Waals surface area contributed by atoms with E-state index in [0.717, 1.165) is 5.56 Å². The molecule has 2 aromatic rings. The SMILES string of the molecule is OCC=Cc1ccc2c(c1)O[C@@H](CO)[C@H](c1ccc(O)c(O)c1)O2. The van der Waals surface area contributed by atoms with Crippen LogP contribution in [0.4, 0.5) is 0 Å². The summed E-state index contributed by atoms with van der Waals surface area (Å²) in [4.78, 5) is 0. The molecule has 1 aliphatic rings. The number of phenols is 2. The van der Waals surface area contributed by atoms with Gasteiger partial charge < -0.3 is 29.9 Å². The van der Waals surface area contributed by atoms with Crippen LogP contribution < -0.4 is 9.47 Å². The number of fused-ring (bicyclic) bond motifs is 1. The number of hydrogen-bond donors (Lipinski definition) is 4. The molecule has 0 amide bonds. The average molecular weight is 330 g/mol. The molecule has 0 bridgehead atoms. The third kappa shape index (κ3) is 3.15. The van der Waals surface area contributed by atoms with Gasteiger partial charge in [0.15, 0.2) is 35.2 Å². The summed E-state index contributed by atoms with van der Waals surface area (Å²) in [7, 11) is 0. The van der Waals surface area contributed by atoms with Gasteiger partial charge in [0.2, 0.25) is 0 Å². The van der Waals surface area contributed by atoms with Crippen LogP contribution in [0.15, 0.2) is 42.5 Å². The molecule has 1 aliphatic heterocycles. The van der Waals surface area contributed by atoms with Crippen LogP contribution >= 0.6 is 0 Å². The average Bonchev–Trinajstić information content (AvgIpc) is 2.61. The van der Waals surface area contributed by atoms with E-state index in [2.05, 4.69) is 0 Å². The molecule has 0 aliphatic carbocycles. The van der Waals surface area contributed by atoms with Gasteiger partial charge in [-0.2, -0.15) is 0 Å². The fourth-order valence-corrected chi connectivity index (χ4v) is 2.58. The first-order chi connectivity index (χ1) is 11.6. The van der Waals surface area contributed by atoms with Crippen LogP contribution in [-0.2, 0) is 0 Å². The highest BCUT2D eigenvalue weighted by atomic mass is 16.6. The van der Waals surface area contributed by atoms with Crippen LogP contribution in [0, 0.1) is 0 Å². The second-order valence-electron chi connectivity index (χ2n) is 5.42.